The van der Waals surface area contributed by atoms with Gasteiger partial charge in [0.25, 0.3) is 0 Å². The van der Waals surface area contributed by atoms with Gasteiger partial charge in [0.2, 0.25) is 0 Å². The number of hydrogen-bond donors (Lipinski definition) is 0. The molecule has 0 saturated heterocycles. The van der Waals surface area contributed by atoms with E-state index in [0.717, 1.165) is 0 Å². The van der Waals surface area contributed by atoms with Crippen molar-refractivity contribution >= 4 is 5.97 Å². The third kappa shape index (κ3) is 3.37. The van der Waals surface area contributed by atoms with Gasteiger partial charge in [0.1, 0.15) is 17.0 Å². The molecular formula is C13H16N4O2. The lowest BCUT2D eigenvalue weighted by Gasteiger charge is -2.18. The number of carbonyl (C=O) groups excluding carboxylic acids is 1. The van der Waals surface area contributed by atoms with Crippen LogP contribution in [-0.2, 0) is 11.8 Å². The summed E-state index contributed by atoms with van der Waals surface area (Å²) in [6, 6.07) is 1.81. The van der Waals surface area contributed by atoms with Gasteiger partial charge in [-0.1, -0.05) is 0 Å². The minimum Gasteiger partial charge on any atom is -0.455 e. The van der Waals surface area contributed by atoms with Crippen molar-refractivity contribution in [2.24, 2.45) is 7.05 Å². The Bertz CT molecular complexity index is 599. The van der Waals surface area contributed by atoms with Crippen LogP contribution in [0.25, 0.3) is 11.4 Å². The molecule has 19 heavy (non-hydrogen) atoms. The lowest BCUT2D eigenvalue weighted by Crippen LogP contribution is -2.24. The van der Waals surface area contributed by atoms with Crippen LogP contribution < -0.4 is 0 Å². The molecule has 0 amide bonds. The number of hydrogen-bond acceptors (Lipinski definition) is 5. The van der Waals surface area contributed by atoms with Crippen LogP contribution in [0.2, 0.25) is 0 Å². The summed E-state index contributed by atoms with van der Waals surface area (Å²) >= 11 is 0. The zero-order chi connectivity index (χ0) is 14.0. The Kier molecular flexibility index (Phi) is 3.33. The van der Waals surface area contributed by atoms with Crippen LogP contribution in [0.5, 0.6) is 0 Å². The molecule has 0 bridgehead atoms. The first-order valence-corrected chi connectivity index (χ1v) is 5.90. The van der Waals surface area contributed by atoms with Gasteiger partial charge >= 0.3 is 5.97 Å². The molecule has 0 N–H and O–H groups in total. The fourth-order valence-corrected chi connectivity index (χ4v) is 1.47. The van der Waals surface area contributed by atoms with Gasteiger partial charge in [0.15, 0.2) is 5.69 Å². The average Bonchev–Trinajstić information content (AvgIpc) is 2.74. The zero-order valence-electron chi connectivity index (χ0n) is 11.4. The molecule has 0 spiro atoms. The van der Waals surface area contributed by atoms with E-state index < -0.39 is 11.6 Å². The normalized spacial score (nSPS) is 11.4. The standard InChI is InChI=1S/C13H16N4O2/c1-13(2,3)19-12(18)11-8-14-7-10(15-11)9-5-6-17(4)16-9/h5-8H,1-4H3. The lowest BCUT2D eigenvalue weighted by molar-refractivity contribution is 0.00625. The van der Waals surface area contributed by atoms with Crippen molar-refractivity contribution in [3.8, 4) is 11.4 Å². The molecule has 2 rings (SSSR count). The van der Waals surface area contributed by atoms with Gasteiger partial charge < -0.3 is 4.74 Å². The zero-order valence-corrected chi connectivity index (χ0v) is 11.4. The number of ether oxygens (including phenoxy) is 1. The van der Waals surface area contributed by atoms with Gasteiger partial charge in [0.05, 0.1) is 12.4 Å². The van der Waals surface area contributed by atoms with E-state index in [4.69, 9.17) is 4.74 Å². The predicted molar refractivity (Wildman–Crippen MR) is 69.4 cm³/mol. The molecule has 6 nitrogen and oxygen atoms in total. The maximum absolute atomic E-state index is 11.9. The first-order valence-electron chi connectivity index (χ1n) is 5.90. The second-order valence-corrected chi connectivity index (χ2v) is 5.17. The van der Waals surface area contributed by atoms with Crippen LogP contribution in [0.4, 0.5) is 0 Å². The fourth-order valence-electron chi connectivity index (χ4n) is 1.47. The van der Waals surface area contributed by atoms with Gasteiger partial charge in [-0.3, -0.25) is 9.67 Å². The predicted octanol–water partition coefficient (Wildman–Crippen LogP) is 1.83. The summed E-state index contributed by atoms with van der Waals surface area (Å²) in [5, 5.41) is 4.22. The molecule has 0 aliphatic rings. The molecule has 0 fully saturated rings. The summed E-state index contributed by atoms with van der Waals surface area (Å²) in [7, 11) is 1.81. The molecule has 0 aliphatic carbocycles. The number of aryl methyl sites for hydroxylation is 1. The molecule has 2 aromatic heterocycles. The van der Waals surface area contributed by atoms with Crippen LogP contribution in [-0.4, -0.2) is 31.3 Å². The molecule has 0 aromatic carbocycles. The van der Waals surface area contributed by atoms with E-state index in [1.54, 1.807) is 37.8 Å². The molecule has 100 valence electrons. The molecule has 2 aromatic rings. The number of rotatable bonds is 2. The van der Waals surface area contributed by atoms with Crippen molar-refractivity contribution in [3.63, 3.8) is 0 Å². The Morgan fingerprint density at radius 1 is 1.26 bits per heavy atom. The second-order valence-electron chi connectivity index (χ2n) is 5.17. The Morgan fingerprint density at radius 3 is 2.58 bits per heavy atom. The molecular weight excluding hydrogens is 244 g/mol. The fraction of sp³-hybridized carbons (Fsp3) is 0.385. The van der Waals surface area contributed by atoms with E-state index in [-0.39, 0.29) is 5.69 Å². The first kappa shape index (κ1) is 13.2. The number of nitrogens with zero attached hydrogens (tertiary/aromatic N) is 4. The Balaban J connectivity index is 2.27. The quantitative estimate of drug-likeness (QED) is 0.770. The maximum Gasteiger partial charge on any atom is 0.359 e. The van der Waals surface area contributed by atoms with E-state index in [9.17, 15) is 4.79 Å². The smallest absolute Gasteiger partial charge is 0.359 e. The van der Waals surface area contributed by atoms with Gasteiger partial charge in [-0.2, -0.15) is 5.10 Å². The summed E-state index contributed by atoms with van der Waals surface area (Å²) in [5.74, 6) is -0.488. The highest BCUT2D eigenvalue weighted by atomic mass is 16.6. The molecule has 2 heterocycles. The minimum absolute atomic E-state index is 0.179. The van der Waals surface area contributed by atoms with E-state index in [2.05, 4.69) is 15.1 Å². The minimum atomic E-state index is -0.556. The van der Waals surface area contributed by atoms with Gasteiger partial charge in [0, 0.05) is 13.2 Å². The second kappa shape index (κ2) is 4.79. The summed E-state index contributed by atoms with van der Waals surface area (Å²) in [4.78, 5) is 20.1. The average molecular weight is 260 g/mol. The van der Waals surface area contributed by atoms with Crippen LogP contribution in [0.1, 0.15) is 31.3 Å². The van der Waals surface area contributed by atoms with Crippen molar-refractivity contribution < 1.29 is 9.53 Å². The van der Waals surface area contributed by atoms with E-state index >= 15 is 0 Å². The van der Waals surface area contributed by atoms with Gasteiger partial charge in [-0.05, 0) is 26.8 Å². The van der Waals surface area contributed by atoms with E-state index in [0.29, 0.717) is 11.4 Å². The van der Waals surface area contributed by atoms with Crippen LogP contribution in [0, 0.1) is 0 Å². The molecule has 6 heteroatoms. The van der Waals surface area contributed by atoms with Crippen molar-refractivity contribution in [1.82, 2.24) is 19.7 Å². The van der Waals surface area contributed by atoms with E-state index in [1.165, 1.54) is 6.20 Å². The molecule has 0 saturated carbocycles. The largest absolute Gasteiger partial charge is 0.455 e. The third-order valence-electron chi connectivity index (χ3n) is 2.22. The number of carbonyl (C=O) groups is 1. The Hall–Kier alpha value is -2.24. The van der Waals surface area contributed by atoms with Crippen LogP contribution in [0.3, 0.4) is 0 Å². The molecule has 0 aliphatic heterocycles. The SMILES string of the molecule is Cn1ccc(-c2cncc(C(=O)OC(C)(C)C)n2)n1. The Labute approximate surface area is 111 Å². The Morgan fingerprint density at radius 2 is 2.00 bits per heavy atom. The summed E-state index contributed by atoms with van der Waals surface area (Å²) in [6.07, 6.45) is 4.76. The van der Waals surface area contributed by atoms with Crippen molar-refractivity contribution in [1.29, 1.82) is 0 Å². The van der Waals surface area contributed by atoms with Gasteiger partial charge in [-0.25, -0.2) is 9.78 Å². The number of esters is 1. The lowest BCUT2D eigenvalue weighted by atomic mass is 10.2. The van der Waals surface area contributed by atoms with Gasteiger partial charge in [-0.15, -0.1) is 0 Å². The van der Waals surface area contributed by atoms with Crippen molar-refractivity contribution in [2.45, 2.75) is 26.4 Å². The molecule has 0 radical (unpaired) electrons. The topological polar surface area (TPSA) is 69.9 Å². The van der Waals surface area contributed by atoms with Crippen LogP contribution in [0.15, 0.2) is 24.7 Å². The summed E-state index contributed by atoms with van der Waals surface area (Å²) < 4.78 is 6.92. The number of aromatic nitrogens is 4. The van der Waals surface area contributed by atoms with Crippen LogP contribution >= 0.6 is 0 Å². The van der Waals surface area contributed by atoms with E-state index in [1.807, 2.05) is 13.1 Å². The highest BCUT2D eigenvalue weighted by Crippen LogP contribution is 2.15. The maximum atomic E-state index is 11.9. The highest BCUT2D eigenvalue weighted by Gasteiger charge is 2.19. The third-order valence-corrected chi connectivity index (χ3v) is 2.22. The molecule has 0 unspecified atom stereocenters. The summed E-state index contributed by atoms with van der Waals surface area (Å²) in [6.45, 7) is 5.42. The highest BCUT2D eigenvalue weighted by molar-refractivity contribution is 5.87. The first-order chi connectivity index (χ1) is 8.85. The summed E-state index contributed by atoms with van der Waals surface area (Å²) in [5.41, 5.74) is 0.835. The monoisotopic (exact) mass is 260 g/mol. The van der Waals surface area contributed by atoms with Crippen molar-refractivity contribution in [3.05, 3.63) is 30.4 Å². The van der Waals surface area contributed by atoms with Crippen molar-refractivity contribution in [2.75, 3.05) is 0 Å². The molecule has 0 atom stereocenters.